The minimum Gasteiger partial charge on any atom is -0.497 e. The molecule has 0 saturated carbocycles. The van der Waals surface area contributed by atoms with Gasteiger partial charge in [-0.2, -0.15) is 0 Å². The van der Waals surface area contributed by atoms with Gasteiger partial charge in [0.25, 0.3) is 0 Å². The molecule has 0 aliphatic carbocycles. The molecule has 0 radical (unpaired) electrons. The molecule has 0 saturated heterocycles. The van der Waals surface area contributed by atoms with Crippen LogP contribution in [0, 0.1) is 12.3 Å². The molecule has 10 heteroatoms. The lowest BCUT2D eigenvalue weighted by Crippen LogP contribution is -2.27. The van der Waals surface area contributed by atoms with Gasteiger partial charge in [0.05, 0.1) is 19.3 Å². The maximum absolute atomic E-state index is 11.8. The number of carbonyl (C=O) groups excluding carboxylic acids is 2. The van der Waals surface area contributed by atoms with Crippen molar-refractivity contribution in [3.05, 3.63) is 52.2 Å². The van der Waals surface area contributed by atoms with Gasteiger partial charge < -0.3 is 15.2 Å². The Bertz CT molecular complexity index is 1010. The van der Waals surface area contributed by atoms with E-state index in [1.54, 1.807) is 46.2 Å². The Morgan fingerprint density at radius 3 is 2.52 bits per heavy atom. The molecule has 0 spiro atoms. The average molecular weight is 455 g/mol. The molecule has 33 heavy (non-hydrogen) atoms. The molecule has 0 atom stereocenters. The fourth-order valence-electron chi connectivity index (χ4n) is 2.53. The van der Waals surface area contributed by atoms with Crippen LogP contribution in [-0.2, 0) is 22.4 Å². The third-order valence-electron chi connectivity index (χ3n) is 4.00. The molecular formula is C23H30N6O4. The fraction of sp³-hybridized carbons (Fsp3) is 0.435. The molecule has 0 unspecified atom stereocenters. The van der Waals surface area contributed by atoms with Crippen LogP contribution in [0.4, 0.5) is 10.7 Å². The zero-order chi connectivity index (χ0) is 24.9. The SMILES string of the molecule is C#CCCCc1cn(C(=O)OC(C)(C)C)c(N)n1.COc1ccc(CC(=O)CN=[N+]=[N-])cc1. The molecule has 1 heterocycles. The number of hydrogen-bond donors (Lipinski definition) is 1. The van der Waals surface area contributed by atoms with Crippen molar-refractivity contribution in [1.82, 2.24) is 9.55 Å². The summed E-state index contributed by atoms with van der Waals surface area (Å²) in [6.45, 7) is 5.30. The second-order valence-corrected chi connectivity index (χ2v) is 7.95. The Morgan fingerprint density at radius 1 is 1.30 bits per heavy atom. The lowest BCUT2D eigenvalue weighted by atomic mass is 10.1. The van der Waals surface area contributed by atoms with Crippen molar-refractivity contribution in [1.29, 1.82) is 0 Å². The maximum Gasteiger partial charge on any atom is 0.421 e. The van der Waals surface area contributed by atoms with E-state index in [2.05, 4.69) is 20.9 Å². The number of anilines is 1. The summed E-state index contributed by atoms with van der Waals surface area (Å²) in [6.07, 6.45) is 8.73. The highest BCUT2D eigenvalue weighted by molar-refractivity contribution is 5.82. The van der Waals surface area contributed by atoms with E-state index >= 15 is 0 Å². The number of methoxy groups -OCH3 is 1. The molecule has 2 rings (SSSR count). The highest BCUT2D eigenvalue weighted by Gasteiger charge is 2.20. The van der Waals surface area contributed by atoms with Gasteiger partial charge in [-0.25, -0.2) is 14.3 Å². The largest absolute Gasteiger partial charge is 0.497 e. The van der Waals surface area contributed by atoms with Crippen LogP contribution in [-0.4, -0.2) is 40.7 Å². The van der Waals surface area contributed by atoms with Gasteiger partial charge in [-0.3, -0.25) is 4.79 Å². The Labute approximate surface area is 193 Å². The molecule has 10 nitrogen and oxygen atoms in total. The molecule has 1 aromatic carbocycles. The number of hydrogen-bond acceptors (Lipinski definition) is 7. The summed E-state index contributed by atoms with van der Waals surface area (Å²) in [4.78, 5) is 29.7. The van der Waals surface area contributed by atoms with Crippen molar-refractivity contribution >= 4 is 17.8 Å². The summed E-state index contributed by atoms with van der Waals surface area (Å²) >= 11 is 0. The van der Waals surface area contributed by atoms with Crippen LogP contribution in [0.1, 0.15) is 44.9 Å². The van der Waals surface area contributed by atoms with Crippen LogP contribution in [0.3, 0.4) is 0 Å². The lowest BCUT2D eigenvalue weighted by molar-refractivity contribution is -0.117. The van der Waals surface area contributed by atoms with Gasteiger partial charge in [0, 0.05) is 24.0 Å². The molecule has 2 aromatic rings. The van der Waals surface area contributed by atoms with E-state index < -0.39 is 11.7 Å². The number of ether oxygens (including phenoxy) is 2. The number of azide groups is 1. The summed E-state index contributed by atoms with van der Waals surface area (Å²) in [5.41, 5.74) is 14.8. The molecule has 1 aromatic heterocycles. The van der Waals surface area contributed by atoms with Gasteiger partial charge in [0.1, 0.15) is 17.1 Å². The number of unbranched alkanes of at least 4 members (excludes halogenated alkanes) is 1. The number of nitrogens with two attached hydrogens (primary N) is 1. The van der Waals surface area contributed by atoms with Crippen molar-refractivity contribution in [2.45, 2.75) is 52.1 Å². The van der Waals surface area contributed by atoms with E-state index in [1.165, 1.54) is 4.57 Å². The van der Waals surface area contributed by atoms with Gasteiger partial charge in [0.2, 0.25) is 5.95 Å². The van der Waals surface area contributed by atoms with Crippen LogP contribution in [0.25, 0.3) is 10.4 Å². The molecule has 0 aliphatic heterocycles. The molecule has 176 valence electrons. The van der Waals surface area contributed by atoms with E-state index in [-0.39, 0.29) is 24.7 Å². The molecule has 2 N–H and O–H groups in total. The standard InChI is InChI=1S/C13H19N3O2.C10H11N3O2/c1-5-6-7-8-10-9-16(11(14)15-10)12(17)18-13(2,3)4;1-15-10-4-2-8(3-5-10)6-9(14)7-12-13-11/h1,9H,6-8H2,2-4H3,(H2,14,15);2-5H,6-7H2,1H3. The van der Waals surface area contributed by atoms with E-state index in [9.17, 15) is 9.59 Å². The third-order valence-corrected chi connectivity index (χ3v) is 4.00. The maximum atomic E-state index is 11.8. The number of imidazole rings is 1. The van der Waals surface area contributed by atoms with Gasteiger partial charge in [0.15, 0.2) is 0 Å². The molecule has 0 fully saturated rings. The first-order valence-electron chi connectivity index (χ1n) is 10.3. The number of terminal acetylenes is 1. The van der Waals surface area contributed by atoms with Crippen molar-refractivity contribution in [2.24, 2.45) is 5.11 Å². The number of ketones is 1. The minimum atomic E-state index is -0.558. The van der Waals surface area contributed by atoms with Crippen molar-refractivity contribution in [2.75, 3.05) is 19.4 Å². The van der Waals surface area contributed by atoms with Crippen molar-refractivity contribution < 1.29 is 19.1 Å². The van der Waals surface area contributed by atoms with E-state index in [0.29, 0.717) is 12.8 Å². The van der Waals surface area contributed by atoms with Crippen LogP contribution in [0.15, 0.2) is 35.6 Å². The van der Waals surface area contributed by atoms with Crippen LogP contribution >= 0.6 is 0 Å². The Balaban J connectivity index is 0.000000335. The molecule has 0 bridgehead atoms. The Morgan fingerprint density at radius 2 is 1.97 bits per heavy atom. The number of Topliss-reactive ketones (excluding diaryl/α,β-unsaturated/α-hetero) is 1. The quantitative estimate of drug-likeness (QED) is 0.207. The normalized spacial score (nSPS) is 10.2. The number of rotatable bonds is 8. The van der Waals surface area contributed by atoms with E-state index in [1.807, 2.05) is 12.1 Å². The number of aryl methyl sites for hydroxylation is 1. The van der Waals surface area contributed by atoms with Gasteiger partial charge in [-0.15, -0.1) is 12.3 Å². The summed E-state index contributed by atoms with van der Waals surface area (Å²) in [5.74, 6) is 3.35. The highest BCUT2D eigenvalue weighted by Crippen LogP contribution is 2.14. The van der Waals surface area contributed by atoms with Crippen molar-refractivity contribution in [3.63, 3.8) is 0 Å². The van der Waals surface area contributed by atoms with Gasteiger partial charge in [-0.1, -0.05) is 17.2 Å². The zero-order valence-electron chi connectivity index (χ0n) is 19.4. The first-order chi connectivity index (χ1) is 15.6. The summed E-state index contributed by atoms with van der Waals surface area (Å²) < 4.78 is 11.4. The van der Waals surface area contributed by atoms with Crippen molar-refractivity contribution in [3.8, 4) is 18.1 Å². The molecular weight excluding hydrogens is 424 g/mol. The minimum absolute atomic E-state index is 0.0947. The second kappa shape index (κ2) is 13.5. The number of nitrogens with zero attached hydrogens (tertiary/aromatic N) is 5. The predicted molar refractivity (Wildman–Crippen MR) is 126 cm³/mol. The third kappa shape index (κ3) is 10.8. The number of aromatic nitrogens is 2. The van der Waals surface area contributed by atoms with Crippen LogP contribution in [0.5, 0.6) is 5.75 Å². The first-order valence-corrected chi connectivity index (χ1v) is 10.3. The number of nitrogen functional groups attached to an aromatic ring is 1. The fourth-order valence-corrected chi connectivity index (χ4v) is 2.53. The van der Waals surface area contributed by atoms with E-state index in [4.69, 9.17) is 27.2 Å². The van der Waals surface area contributed by atoms with Crippen LogP contribution in [0.2, 0.25) is 0 Å². The van der Waals surface area contributed by atoms with Gasteiger partial charge >= 0.3 is 6.09 Å². The Kier molecular flexibility index (Phi) is 11.0. The predicted octanol–water partition coefficient (Wildman–Crippen LogP) is 4.32. The number of carbonyl (C=O) groups is 2. The average Bonchev–Trinajstić information content (AvgIpc) is 3.13. The monoisotopic (exact) mass is 454 g/mol. The van der Waals surface area contributed by atoms with Gasteiger partial charge in [-0.05, 0) is 56.8 Å². The smallest absolute Gasteiger partial charge is 0.421 e. The molecule has 0 amide bonds. The zero-order valence-corrected chi connectivity index (χ0v) is 19.4. The highest BCUT2D eigenvalue weighted by atomic mass is 16.6. The second-order valence-electron chi connectivity index (χ2n) is 7.95. The lowest BCUT2D eigenvalue weighted by Gasteiger charge is -2.19. The van der Waals surface area contributed by atoms with E-state index in [0.717, 1.165) is 23.4 Å². The number of benzene rings is 1. The molecule has 0 aliphatic rings. The summed E-state index contributed by atoms with van der Waals surface area (Å²) in [7, 11) is 1.59. The summed E-state index contributed by atoms with van der Waals surface area (Å²) in [6, 6.07) is 7.20. The van der Waals surface area contributed by atoms with Crippen LogP contribution < -0.4 is 10.5 Å². The Hall–Kier alpha value is -3.96. The first kappa shape index (κ1) is 27.1. The topological polar surface area (TPSA) is 145 Å². The summed E-state index contributed by atoms with van der Waals surface area (Å²) in [5, 5.41) is 3.21.